The van der Waals surface area contributed by atoms with Gasteiger partial charge in [-0.15, -0.1) is 0 Å². The lowest BCUT2D eigenvalue weighted by molar-refractivity contribution is 0.175. The second-order valence-corrected chi connectivity index (χ2v) is 3.58. The number of aliphatic hydroxyl groups excluding tert-OH is 1. The summed E-state index contributed by atoms with van der Waals surface area (Å²) in [5.41, 5.74) is 0.931. The van der Waals surface area contributed by atoms with E-state index in [0.29, 0.717) is 6.42 Å². The molecule has 1 aromatic heterocycles. The van der Waals surface area contributed by atoms with Crippen molar-refractivity contribution in [3.63, 3.8) is 0 Å². The van der Waals surface area contributed by atoms with Gasteiger partial charge >= 0.3 is 0 Å². The van der Waals surface area contributed by atoms with E-state index in [1.54, 1.807) is 6.20 Å². The number of aryl methyl sites for hydroxylation is 1. The number of aromatic nitrogens is 2. The van der Waals surface area contributed by atoms with Crippen LogP contribution in [-0.4, -0.2) is 14.7 Å². The van der Waals surface area contributed by atoms with Crippen LogP contribution in [-0.2, 0) is 13.5 Å². The van der Waals surface area contributed by atoms with Gasteiger partial charge in [0.15, 0.2) is 0 Å². The number of rotatable bonds is 3. The highest BCUT2D eigenvalue weighted by Crippen LogP contribution is 2.16. The predicted octanol–water partition coefficient (Wildman–Crippen LogP) is 1.70. The average Bonchev–Trinajstić information content (AvgIpc) is 2.66. The summed E-state index contributed by atoms with van der Waals surface area (Å²) in [7, 11) is 1.93. The second kappa shape index (κ2) is 4.28. The number of hydrogen-bond donors (Lipinski definition) is 1. The molecule has 3 heteroatoms. The molecular formula is C12H14N2O. The van der Waals surface area contributed by atoms with Crippen molar-refractivity contribution in [3.05, 3.63) is 54.1 Å². The van der Waals surface area contributed by atoms with Crippen LogP contribution in [0, 0.1) is 0 Å². The maximum Gasteiger partial charge on any atom is 0.111 e. The number of benzene rings is 1. The van der Waals surface area contributed by atoms with Crippen LogP contribution in [0.4, 0.5) is 0 Å². The minimum absolute atomic E-state index is 0.479. The molecule has 1 heterocycles. The lowest BCUT2D eigenvalue weighted by Gasteiger charge is -2.10. The first-order valence-corrected chi connectivity index (χ1v) is 4.96. The third-order valence-electron chi connectivity index (χ3n) is 2.48. The molecule has 1 atom stereocenters. The van der Waals surface area contributed by atoms with Gasteiger partial charge in [0.2, 0.25) is 0 Å². The quantitative estimate of drug-likeness (QED) is 0.822. The van der Waals surface area contributed by atoms with Crippen LogP contribution in [0.3, 0.4) is 0 Å². The van der Waals surface area contributed by atoms with Crippen molar-refractivity contribution in [2.45, 2.75) is 12.5 Å². The van der Waals surface area contributed by atoms with Crippen LogP contribution < -0.4 is 0 Å². The molecule has 2 aromatic rings. The highest BCUT2D eigenvalue weighted by molar-refractivity contribution is 5.18. The van der Waals surface area contributed by atoms with Gasteiger partial charge in [-0.3, -0.25) is 0 Å². The van der Waals surface area contributed by atoms with Gasteiger partial charge in [-0.05, 0) is 5.56 Å². The molecule has 0 bridgehead atoms. The first kappa shape index (κ1) is 9.93. The van der Waals surface area contributed by atoms with E-state index in [4.69, 9.17) is 0 Å². The fraction of sp³-hybridized carbons (Fsp3) is 0.250. The van der Waals surface area contributed by atoms with Crippen molar-refractivity contribution in [1.82, 2.24) is 9.55 Å². The summed E-state index contributed by atoms with van der Waals surface area (Å²) >= 11 is 0. The Hall–Kier alpha value is -1.61. The van der Waals surface area contributed by atoms with Crippen LogP contribution in [0.25, 0.3) is 0 Å². The van der Waals surface area contributed by atoms with Gasteiger partial charge in [0.05, 0.1) is 6.10 Å². The first-order valence-electron chi connectivity index (χ1n) is 4.96. The fourth-order valence-corrected chi connectivity index (χ4v) is 1.56. The molecule has 15 heavy (non-hydrogen) atoms. The Morgan fingerprint density at radius 1 is 1.33 bits per heavy atom. The van der Waals surface area contributed by atoms with Gasteiger partial charge in [-0.1, -0.05) is 30.3 Å². The fourth-order valence-electron chi connectivity index (χ4n) is 1.56. The van der Waals surface area contributed by atoms with Crippen LogP contribution >= 0.6 is 0 Å². The molecular weight excluding hydrogens is 188 g/mol. The summed E-state index contributed by atoms with van der Waals surface area (Å²) in [6.45, 7) is 0. The molecule has 0 radical (unpaired) electrons. The predicted molar refractivity (Wildman–Crippen MR) is 58.3 cm³/mol. The summed E-state index contributed by atoms with van der Waals surface area (Å²) in [6, 6.07) is 9.64. The van der Waals surface area contributed by atoms with E-state index in [2.05, 4.69) is 4.98 Å². The first-order chi connectivity index (χ1) is 7.27. The molecule has 78 valence electrons. The van der Waals surface area contributed by atoms with Gasteiger partial charge in [0.1, 0.15) is 5.82 Å². The van der Waals surface area contributed by atoms with Crippen molar-refractivity contribution in [1.29, 1.82) is 0 Å². The van der Waals surface area contributed by atoms with Crippen molar-refractivity contribution >= 4 is 0 Å². The number of hydrogen-bond acceptors (Lipinski definition) is 2. The van der Waals surface area contributed by atoms with Crippen molar-refractivity contribution < 1.29 is 5.11 Å². The summed E-state index contributed by atoms with van der Waals surface area (Å²) in [5, 5.41) is 9.96. The topological polar surface area (TPSA) is 38.0 Å². The summed E-state index contributed by atoms with van der Waals surface area (Å²) < 4.78 is 1.92. The molecule has 0 amide bonds. The van der Waals surface area contributed by atoms with Gasteiger partial charge in [-0.2, -0.15) is 0 Å². The minimum Gasteiger partial charge on any atom is -0.388 e. The maximum absolute atomic E-state index is 9.96. The zero-order valence-electron chi connectivity index (χ0n) is 8.67. The molecule has 3 nitrogen and oxygen atoms in total. The van der Waals surface area contributed by atoms with Crippen LogP contribution in [0.5, 0.6) is 0 Å². The second-order valence-electron chi connectivity index (χ2n) is 3.58. The van der Waals surface area contributed by atoms with Crippen molar-refractivity contribution in [3.8, 4) is 0 Å². The number of imidazole rings is 1. The molecule has 0 aliphatic carbocycles. The summed E-state index contributed by atoms with van der Waals surface area (Å²) in [4.78, 5) is 4.18. The van der Waals surface area contributed by atoms with E-state index in [-0.39, 0.29) is 0 Å². The van der Waals surface area contributed by atoms with E-state index in [9.17, 15) is 5.11 Å². The molecule has 0 unspecified atom stereocenters. The van der Waals surface area contributed by atoms with Gasteiger partial charge in [0, 0.05) is 25.9 Å². The highest BCUT2D eigenvalue weighted by Gasteiger charge is 2.10. The molecule has 0 aliphatic rings. The van der Waals surface area contributed by atoms with Gasteiger partial charge < -0.3 is 9.67 Å². The van der Waals surface area contributed by atoms with Crippen molar-refractivity contribution in [2.75, 3.05) is 0 Å². The molecule has 0 spiro atoms. The third-order valence-corrected chi connectivity index (χ3v) is 2.48. The van der Waals surface area contributed by atoms with Gasteiger partial charge in [-0.25, -0.2) is 4.98 Å². The molecule has 0 aliphatic heterocycles. The Morgan fingerprint density at radius 3 is 2.67 bits per heavy atom. The molecule has 0 saturated carbocycles. The van der Waals surface area contributed by atoms with E-state index in [1.165, 1.54) is 0 Å². The van der Waals surface area contributed by atoms with E-state index in [1.807, 2.05) is 48.1 Å². The SMILES string of the molecule is Cn1ccnc1C[C@@H](O)c1ccccc1. The summed E-state index contributed by atoms with van der Waals surface area (Å²) in [5.74, 6) is 0.895. The lowest BCUT2D eigenvalue weighted by Crippen LogP contribution is -2.06. The van der Waals surface area contributed by atoms with Crippen LogP contribution in [0.15, 0.2) is 42.7 Å². The van der Waals surface area contributed by atoms with E-state index in [0.717, 1.165) is 11.4 Å². The van der Waals surface area contributed by atoms with E-state index < -0.39 is 6.10 Å². The molecule has 0 saturated heterocycles. The standard InChI is InChI=1S/C12H14N2O/c1-14-8-7-13-12(14)9-11(15)10-5-3-2-4-6-10/h2-8,11,15H,9H2,1H3/t11-/m1/s1. The Kier molecular flexibility index (Phi) is 2.83. The van der Waals surface area contributed by atoms with Gasteiger partial charge in [0.25, 0.3) is 0 Å². The Balaban J connectivity index is 2.11. The monoisotopic (exact) mass is 202 g/mol. The number of aliphatic hydroxyl groups is 1. The lowest BCUT2D eigenvalue weighted by atomic mass is 10.1. The molecule has 2 rings (SSSR count). The van der Waals surface area contributed by atoms with Crippen molar-refractivity contribution in [2.24, 2.45) is 7.05 Å². The van der Waals surface area contributed by atoms with Crippen LogP contribution in [0.2, 0.25) is 0 Å². The zero-order chi connectivity index (χ0) is 10.7. The normalized spacial score (nSPS) is 12.7. The highest BCUT2D eigenvalue weighted by atomic mass is 16.3. The Morgan fingerprint density at radius 2 is 2.07 bits per heavy atom. The summed E-state index contributed by atoms with van der Waals surface area (Å²) in [6.07, 6.45) is 3.69. The number of nitrogens with zero attached hydrogens (tertiary/aromatic N) is 2. The van der Waals surface area contributed by atoms with E-state index >= 15 is 0 Å². The zero-order valence-corrected chi connectivity index (χ0v) is 8.67. The van der Waals surface area contributed by atoms with Crippen LogP contribution in [0.1, 0.15) is 17.5 Å². The molecule has 1 aromatic carbocycles. The molecule has 0 fully saturated rings. The largest absolute Gasteiger partial charge is 0.388 e. The smallest absolute Gasteiger partial charge is 0.111 e. The maximum atomic E-state index is 9.96. The Bertz CT molecular complexity index is 422. The average molecular weight is 202 g/mol. The Labute approximate surface area is 89.0 Å². The molecule has 1 N–H and O–H groups in total. The minimum atomic E-state index is -0.479. The third kappa shape index (κ3) is 2.25.